The van der Waals surface area contributed by atoms with Gasteiger partial charge in [0.05, 0.1) is 17.1 Å². The fourth-order valence-corrected chi connectivity index (χ4v) is 1.94. The maximum Gasteiger partial charge on any atom is 0.280 e. The topological polar surface area (TPSA) is 69.4 Å². The molecule has 0 aromatic heterocycles. The molecule has 0 radical (unpaired) electrons. The van der Waals surface area contributed by atoms with E-state index in [1.807, 2.05) is 0 Å². The van der Waals surface area contributed by atoms with Gasteiger partial charge in [0.2, 0.25) is 0 Å². The van der Waals surface area contributed by atoms with Gasteiger partial charge in [0.25, 0.3) is 5.69 Å². The van der Waals surface area contributed by atoms with E-state index in [1.54, 1.807) is 0 Å². The lowest BCUT2D eigenvalue weighted by Gasteiger charge is -2.07. The van der Waals surface area contributed by atoms with Gasteiger partial charge in [-0.1, -0.05) is 32.6 Å². The lowest BCUT2D eigenvalue weighted by Crippen LogP contribution is -2.02. The van der Waals surface area contributed by atoms with Crippen molar-refractivity contribution < 1.29 is 14.5 Å². The van der Waals surface area contributed by atoms with Gasteiger partial charge in [-0.25, -0.2) is 0 Å². The second-order valence-corrected chi connectivity index (χ2v) is 4.75. The Morgan fingerprint density at radius 2 is 1.95 bits per heavy atom. The SMILES string of the molecule is CCCCCCCOc1ccc([N+](=O)[O-])c(C(C)=O)c1. The van der Waals surface area contributed by atoms with Crippen LogP contribution in [0.15, 0.2) is 18.2 Å². The lowest BCUT2D eigenvalue weighted by atomic mass is 10.1. The van der Waals surface area contributed by atoms with Crippen molar-refractivity contribution in [1.29, 1.82) is 0 Å². The zero-order valence-corrected chi connectivity index (χ0v) is 12.1. The van der Waals surface area contributed by atoms with Gasteiger partial charge >= 0.3 is 0 Å². The smallest absolute Gasteiger partial charge is 0.280 e. The fraction of sp³-hybridized carbons (Fsp3) is 0.533. The van der Waals surface area contributed by atoms with Crippen LogP contribution < -0.4 is 4.74 Å². The molecule has 0 saturated carbocycles. The Kier molecular flexibility index (Phi) is 6.70. The van der Waals surface area contributed by atoms with E-state index >= 15 is 0 Å². The molecule has 110 valence electrons. The zero-order chi connectivity index (χ0) is 15.0. The van der Waals surface area contributed by atoms with Gasteiger partial charge < -0.3 is 4.74 Å². The average Bonchev–Trinajstić information content (AvgIpc) is 2.42. The highest BCUT2D eigenvalue weighted by Gasteiger charge is 2.17. The van der Waals surface area contributed by atoms with Gasteiger partial charge in [-0.15, -0.1) is 0 Å². The van der Waals surface area contributed by atoms with Crippen molar-refractivity contribution in [3.8, 4) is 5.75 Å². The third-order valence-corrected chi connectivity index (χ3v) is 3.06. The van der Waals surface area contributed by atoms with Crippen molar-refractivity contribution in [3.05, 3.63) is 33.9 Å². The van der Waals surface area contributed by atoms with Crippen molar-refractivity contribution in [3.63, 3.8) is 0 Å². The van der Waals surface area contributed by atoms with Crippen LogP contribution in [-0.4, -0.2) is 17.3 Å². The number of ketones is 1. The number of nitro groups is 1. The maximum absolute atomic E-state index is 11.4. The highest BCUT2D eigenvalue weighted by molar-refractivity contribution is 5.98. The van der Waals surface area contributed by atoms with E-state index in [0.717, 1.165) is 12.8 Å². The van der Waals surface area contributed by atoms with E-state index in [9.17, 15) is 14.9 Å². The molecule has 1 aromatic carbocycles. The number of unbranched alkanes of at least 4 members (excludes halogenated alkanes) is 4. The lowest BCUT2D eigenvalue weighted by molar-refractivity contribution is -0.385. The monoisotopic (exact) mass is 279 g/mol. The largest absolute Gasteiger partial charge is 0.494 e. The molecular weight excluding hydrogens is 258 g/mol. The van der Waals surface area contributed by atoms with Crippen molar-refractivity contribution in [2.45, 2.75) is 46.0 Å². The van der Waals surface area contributed by atoms with Gasteiger partial charge in [0.1, 0.15) is 5.75 Å². The normalized spacial score (nSPS) is 10.3. The van der Waals surface area contributed by atoms with Crippen molar-refractivity contribution >= 4 is 11.5 Å². The number of nitro benzene ring substituents is 1. The summed E-state index contributed by atoms with van der Waals surface area (Å²) in [6.07, 6.45) is 5.68. The minimum atomic E-state index is -0.550. The molecule has 0 unspecified atom stereocenters. The van der Waals surface area contributed by atoms with Gasteiger partial charge in [-0.05, 0) is 25.5 Å². The quantitative estimate of drug-likeness (QED) is 0.295. The minimum absolute atomic E-state index is 0.0958. The molecule has 0 bridgehead atoms. The Morgan fingerprint density at radius 3 is 2.55 bits per heavy atom. The van der Waals surface area contributed by atoms with Crippen LogP contribution in [0.5, 0.6) is 5.75 Å². The molecule has 20 heavy (non-hydrogen) atoms. The number of carbonyl (C=O) groups excluding carboxylic acids is 1. The van der Waals surface area contributed by atoms with Crippen LogP contribution >= 0.6 is 0 Å². The van der Waals surface area contributed by atoms with Gasteiger partial charge in [-0.2, -0.15) is 0 Å². The molecule has 1 aromatic rings. The number of Topliss-reactive ketones (excluding diaryl/α,β-unsaturated/α-hetero) is 1. The summed E-state index contributed by atoms with van der Waals surface area (Å²) in [6, 6.07) is 4.31. The van der Waals surface area contributed by atoms with Crippen molar-refractivity contribution in [1.82, 2.24) is 0 Å². The summed E-state index contributed by atoms with van der Waals surface area (Å²) in [6.45, 7) is 4.05. The van der Waals surface area contributed by atoms with Crippen LogP contribution in [-0.2, 0) is 0 Å². The number of hydrogen-bond acceptors (Lipinski definition) is 4. The third kappa shape index (κ3) is 4.99. The van der Waals surface area contributed by atoms with Crippen LogP contribution in [0.3, 0.4) is 0 Å². The number of nitrogens with zero attached hydrogens (tertiary/aromatic N) is 1. The Morgan fingerprint density at radius 1 is 1.25 bits per heavy atom. The summed E-state index contributed by atoms with van der Waals surface area (Å²) in [4.78, 5) is 21.7. The first-order valence-electron chi connectivity index (χ1n) is 6.98. The summed E-state index contributed by atoms with van der Waals surface area (Å²) in [7, 11) is 0. The fourth-order valence-electron chi connectivity index (χ4n) is 1.94. The predicted octanol–water partition coefficient (Wildman–Crippen LogP) is 4.15. The minimum Gasteiger partial charge on any atom is -0.494 e. The Hall–Kier alpha value is -1.91. The molecule has 5 nitrogen and oxygen atoms in total. The van der Waals surface area contributed by atoms with E-state index in [0.29, 0.717) is 12.4 Å². The molecule has 0 spiro atoms. The summed E-state index contributed by atoms with van der Waals surface area (Å²) in [5.41, 5.74) is -0.0775. The van der Waals surface area contributed by atoms with E-state index in [2.05, 4.69) is 6.92 Å². The molecule has 0 aliphatic carbocycles. The van der Waals surface area contributed by atoms with E-state index in [1.165, 1.54) is 44.4 Å². The van der Waals surface area contributed by atoms with Crippen LogP contribution in [0.2, 0.25) is 0 Å². The second kappa shape index (κ2) is 8.30. The van der Waals surface area contributed by atoms with Gasteiger partial charge in [0, 0.05) is 6.07 Å². The highest BCUT2D eigenvalue weighted by atomic mass is 16.6. The molecule has 0 saturated heterocycles. The average molecular weight is 279 g/mol. The molecule has 5 heteroatoms. The summed E-state index contributed by atoms with van der Waals surface area (Å²) < 4.78 is 5.54. The van der Waals surface area contributed by atoms with Crippen molar-refractivity contribution in [2.75, 3.05) is 6.61 Å². The number of rotatable bonds is 9. The van der Waals surface area contributed by atoms with E-state index in [4.69, 9.17) is 4.74 Å². The van der Waals surface area contributed by atoms with Gasteiger partial charge in [-0.3, -0.25) is 14.9 Å². The molecular formula is C15H21NO4. The predicted molar refractivity (Wildman–Crippen MR) is 77.4 cm³/mol. The first-order valence-corrected chi connectivity index (χ1v) is 6.98. The van der Waals surface area contributed by atoms with Crippen LogP contribution in [0.1, 0.15) is 56.3 Å². The number of hydrogen-bond donors (Lipinski definition) is 0. The summed E-state index contributed by atoms with van der Waals surface area (Å²) >= 11 is 0. The molecule has 0 N–H and O–H groups in total. The molecule has 0 fully saturated rings. The van der Waals surface area contributed by atoms with E-state index < -0.39 is 4.92 Å². The number of benzene rings is 1. The molecule has 0 aliphatic rings. The third-order valence-electron chi connectivity index (χ3n) is 3.06. The Bertz CT molecular complexity index is 471. The highest BCUT2D eigenvalue weighted by Crippen LogP contribution is 2.24. The summed E-state index contributed by atoms with van der Waals surface area (Å²) in [5.74, 6) is 0.182. The Balaban J connectivity index is 2.57. The molecule has 0 heterocycles. The van der Waals surface area contributed by atoms with E-state index in [-0.39, 0.29) is 17.0 Å². The Labute approximate surface area is 119 Å². The molecule has 0 aliphatic heterocycles. The number of carbonyl (C=O) groups is 1. The van der Waals surface area contributed by atoms with Crippen LogP contribution in [0.4, 0.5) is 5.69 Å². The standard InChI is InChI=1S/C15H21NO4/c1-3-4-5-6-7-10-20-13-8-9-15(16(18)19)14(11-13)12(2)17/h8-9,11H,3-7,10H2,1-2H3. The zero-order valence-electron chi connectivity index (χ0n) is 12.1. The number of ether oxygens (including phenoxy) is 1. The van der Waals surface area contributed by atoms with Crippen LogP contribution in [0.25, 0.3) is 0 Å². The molecule has 0 atom stereocenters. The summed E-state index contributed by atoms with van der Waals surface area (Å²) in [5, 5.41) is 10.8. The molecule has 1 rings (SSSR count). The van der Waals surface area contributed by atoms with Crippen LogP contribution in [0, 0.1) is 10.1 Å². The first kappa shape index (κ1) is 16.1. The maximum atomic E-state index is 11.4. The van der Waals surface area contributed by atoms with Gasteiger partial charge in [0.15, 0.2) is 5.78 Å². The first-order chi connectivity index (χ1) is 9.56. The molecule has 0 amide bonds. The second-order valence-electron chi connectivity index (χ2n) is 4.75. The van der Waals surface area contributed by atoms with Crippen molar-refractivity contribution in [2.24, 2.45) is 0 Å².